The van der Waals surface area contributed by atoms with Crippen LogP contribution < -0.4 is 10.1 Å². The third-order valence-electron chi connectivity index (χ3n) is 3.96. The van der Waals surface area contributed by atoms with Crippen molar-refractivity contribution < 1.29 is 17.9 Å². The van der Waals surface area contributed by atoms with Gasteiger partial charge in [0.1, 0.15) is 5.75 Å². The van der Waals surface area contributed by atoms with E-state index >= 15 is 0 Å². The minimum Gasteiger partial charge on any atom is -0.406 e. The molecule has 1 heterocycles. The smallest absolute Gasteiger partial charge is 0.406 e. The van der Waals surface area contributed by atoms with Gasteiger partial charge in [0.15, 0.2) is 5.82 Å². The second-order valence-corrected chi connectivity index (χ2v) is 6.43. The fraction of sp³-hybridized carbons (Fsp3) is 0.263. The van der Waals surface area contributed by atoms with E-state index in [0.29, 0.717) is 28.0 Å². The van der Waals surface area contributed by atoms with Crippen molar-refractivity contribution in [1.82, 2.24) is 14.8 Å². The van der Waals surface area contributed by atoms with Gasteiger partial charge >= 0.3 is 6.36 Å². The van der Waals surface area contributed by atoms with Gasteiger partial charge in [-0.1, -0.05) is 31.0 Å². The van der Waals surface area contributed by atoms with Crippen molar-refractivity contribution >= 4 is 17.5 Å². The molecule has 0 amide bonds. The number of nitrogens with zero attached hydrogens (tertiary/aromatic N) is 3. The van der Waals surface area contributed by atoms with Gasteiger partial charge in [-0.25, -0.2) is 0 Å². The molecule has 1 N–H and O–H groups in total. The number of aryl methyl sites for hydroxylation is 1. The summed E-state index contributed by atoms with van der Waals surface area (Å²) in [7, 11) is 1.68. The van der Waals surface area contributed by atoms with Crippen molar-refractivity contribution in [3.8, 4) is 22.8 Å². The first kappa shape index (κ1) is 20.0. The number of rotatable bonds is 6. The molecule has 0 atom stereocenters. The van der Waals surface area contributed by atoms with Crippen LogP contribution in [0, 0.1) is 0 Å². The zero-order chi connectivity index (χ0) is 20.3. The summed E-state index contributed by atoms with van der Waals surface area (Å²) in [6.45, 7) is 2.09. The molecule has 0 spiro atoms. The summed E-state index contributed by atoms with van der Waals surface area (Å²) in [6.07, 6.45) is -2.80. The Morgan fingerprint density at radius 2 is 1.86 bits per heavy atom. The second-order valence-electron chi connectivity index (χ2n) is 6.03. The molecule has 0 fully saturated rings. The fourth-order valence-corrected chi connectivity index (χ4v) is 3.03. The molecule has 3 aromatic rings. The van der Waals surface area contributed by atoms with Crippen molar-refractivity contribution in [3.05, 3.63) is 53.1 Å². The lowest BCUT2D eigenvalue weighted by atomic mass is 10.1. The van der Waals surface area contributed by atoms with Gasteiger partial charge in [-0.05, 0) is 48.4 Å². The van der Waals surface area contributed by atoms with Crippen LogP contribution in [0.4, 0.5) is 19.1 Å². The van der Waals surface area contributed by atoms with E-state index in [1.165, 1.54) is 28.9 Å². The molecule has 0 unspecified atom stereocenters. The second kappa shape index (κ2) is 8.10. The number of nitrogens with one attached hydrogen (secondary N) is 1. The normalized spacial score (nSPS) is 11.5. The number of halogens is 4. The minimum absolute atomic E-state index is 0.308. The topological polar surface area (TPSA) is 52.0 Å². The minimum atomic E-state index is -4.74. The van der Waals surface area contributed by atoms with Crippen LogP contribution >= 0.6 is 11.6 Å². The Bertz CT molecular complexity index is 955. The Hall–Kier alpha value is -2.74. The maximum absolute atomic E-state index is 12.3. The quantitative estimate of drug-likeness (QED) is 0.584. The highest BCUT2D eigenvalue weighted by Gasteiger charge is 2.31. The molecule has 148 valence electrons. The van der Waals surface area contributed by atoms with Crippen molar-refractivity contribution in [2.45, 2.75) is 26.1 Å². The Labute approximate surface area is 165 Å². The van der Waals surface area contributed by atoms with Crippen LogP contribution in [0.15, 0.2) is 42.5 Å². The van der Waals surface area contributed by atoms with Crippen molar-refractivity contribution in [3.63, 3.8) is 0 Å². The zero-order valence-corrected chi connectivity index (χ0v) is 16.0. The number of aromatic nitrogens is 3. The molecule has 0 saturated heterocycles. The fourth-order valence-electron chi connectivity index (χ4n) is 2.74. The van der Waals surface area contributed by atoms with Crippen molar-refractivity contribution in [2.24, 2.45) is 0 Å². The van der Waals surface area contributed by atoms with E-state index in [1.807, 2.05) is 18.2 Å². The highest BCUT2D eigenvalue weighted by Crippen LogP contribution is 2.29. The SMILES string of the molecule is CCCc1ccc(-c2nc(NC)n(-c3ccc(OC(F)(F)F)cc3)n2)c(Cl)c1. The number of ether oxygens (including phenoxy) is 1. The lowest BCUT2D eigenvalue weighted by Crippen LogP contribution is -2.17. The summed E-state index contributed by atoms with van der Waals surface area (Å²) in [5.74, 6) is 0.526. The Morgan fingerprint density at radius 1 is 1.14 bits per heavy atom. The van der Waals surface area contributed by atoms with Crippen molar-refractivity contribution in [1.29, 1.82) is 0 Å². The molecule has 0 bridgehead atoms. The van der Waals surface area contributed by atoms with Crippen LogP contribution in [0.25, 0.3) is 17.1 Å². The number of hydrogen-bond donors (Lipinski definition) is 1. The Balaban J connectivity index is 1.93. The number of alkyl halides is 3. The molecule has 0 radical (unpaired) electrons. The van der Waals surface area contributed by atoms with Crippen LogP contribution in [0.1, 0.15) is 18.9 Å². The summed E-state index contributed by atoms with van der Waals surface area (Å²) in [6, 6.07) is 11.1. The molecule has 3 rings (SSSR count). The molecule has 0 aliphatic carbocycles. The molecule has 0 aliphatic rings. The predicted molar refractivity (Wildman–Crippen MR) is 102 cm³/mol. The van der Waals surface area contributed by atoms with E-state index in [1.54, 1.807) is 7.05 Å². The monoisotopic (exact) mass is 410 g/mol. The number of hydrogen-bond acceptors (Lipinski definition) is 4. The van der Waals surface area contributed by atoms with Gasteiger partial charge in [-0.2, -0.15) is 9.67 Å². The maximum atomic E-state index is 12.3. The molecule has 9 heteroatoms. The highest BCUT2D eigenvalue weighted by atomic mass is 35.5. The average Bonchev–Trinajstić information content (AvgIpc) is 3.05. The van der Waals surface area contributed by atoms with Gasteiger partial charge in [0.2, 0.25) is 5.95 Å². The van der Waals surface area contributed by atoms with Crippen LogP contribution in [-0.2, 0) is 6.42 Å². The molecular weight excluding hydrogens is 393 g/mol. The first-order valence-corrected chi connectivity index (χ1v) is 8.98. The average molecular weight is 411 g/mol. The first-order chi connectivity index (χ1) is 13.3. The summed E-state index contributed by atoms with van der Waals surface area (Å²) in [5.41, 5.74) is 2.33. The molecule has 28 heavy (non-hydrogen) atoms. The van der Waals surface area contributed by atoms with E-state index in [9.17, 15) is 13.2 Å². The van der Waals surface area contributed by atoms with Gasteiger partial charge in [0.05, 0.1) is 10.7 Å². The van der Waals surface area contributed by atoms with E-state index in [-0.39, 0.29) is 5.75 Å². The standard InChI is InChI=1S/C19H18ClF3N4O/c1-3-4-12-5-10-15(16(20)11-12)17-25-18(24-2)27(26-17)13-6-8-14(9-7-13)28-19(21,22)23/h5-11H,3-4H2,1-2H3,(H,24,25,26). The third-order valence-corrected chi connectivity index (χ3v) is 4.27. The van der Waals surface area contributed by atoms with Crippen LogP contribution in [0.5, 0.6) is 5.75 Å². The van der Waals surface area contributed by atoms with Crippen LogP contribution in [-0.4, -0.2) is 28.2 Å². The number of anilines is 1. The Morgan fingerprint density at radius 3 is 2.43 bits per heavy atom. The van der Waals surface area contributed by atoms with E-state index in [0.717, 1.165) is 18.4 Å². The van der Waals surface area contributed by atoms with Gasteiger partial charge in [-0.3, -0.25) is 0 Å². The lowest BCUT2D eigenvalue weighted by molar-refractivity contribution is -0.274. The molecule has 0 saturated carbocycles. The molecule has 1 aromatic heterocycles. The summed E-state index contributed by atoms with van der Waals surface area (Å²) < 4.78 is 42.3. The van der Waals surface area contributed by atoms with E-state index in [4.69, 9.17) is 11.6 Å². The van der Waals surface area contributed by atoms with Crippen LogP contribution in [0.3, 0.4) is 0 Å². The zero-order valence-electron chi connectivity index (χ0n) is 15.2. The van der Waals surface area contributed by atoms with Crippen molar-refractivity contribution in [2.75, 3.05) is 12.4 Å². The highest BCUT2D eigenvalue weighted by molar-refractivity contribution is 6.33. The van der Waals surface area contributed by atoms with Gasteiger partial charge in [0, 0.05) is 12.6 Å². The first-order valence-electron chi connectivity index (χ1n) is 8.60. The predicted octanol–water partition coefficient (Wildman–Crippen LogP) is 5.48. The van der Waals surface area contributed by atoms with Gasteiger partial charge in [0.25, 0.3) is 0 Å². The number of benzene rings is 2. The van der Waals surface area contributed by atoms with Crippen LogP contribution in [0.2, 0.25) is 5.02 Å². The van der Waals surface area contributed by atoms with Gasteiger partial charge < -0.3 is 10.1 Å². The van der Waals surface area contributed by atoms with E-state index in [2.05, 4.69) is 27.1 Å². The Kier molecular flexibility index (Phi) is 5.79. The lowest BCUT2D eigenvalue weighted by Gasteiger charge is -2.10. The molecule has 5 nitrogen and oxygen atoms in total. The van der Waals surface area contributed by atoms with Gasteiger partial charge in [-0.15, -0.1) is 18.3 Å². The summed E-state index contributed by atoms with van der Waals surface area (Å²) in [5, 5.41) is 7.92. The maximum Gasteiger partial charge on any atom is 0.573 e. The molecular formula is C19H18ClF3N4O. The summed E-state index contributed by atoms with van der Waals surface area (Å²) in [4.78, 5) is 4.44. The largest absolute Gasteiger partial charge is 0.573 e. The molecule has 2 aromatic carbocycles. The summed E-state index contributed by atoms with van der Waals surface area (Å²) >= 11 is 6.40. The molecule has 0 aliphatic heterocycles. The third kappa shape index (κ3) is 4.56. The van der Waals surface area contributed by atoms with E-state index < -0.39 is 6.36 Å².